The van der Waals surface area contributed by atoms with Gasteiger partial charge in [0.05, 0.1) is 11.7 Å². The molecule has 1 atom stereocenters. The SMILES string of the molecule is CNC(c1csnn1)c1cccc2cnccc12. The third-order valence-electron chi connectivity index (χ3n) is 2.99. The Morgan fingerprint density at radius 1 is 1.28 bits per heavy atom. The summed E-state index contributed by atoms with van der Waals surface area (Å²) < 4.78 is 3.94. The van der Waals surface area contributed by atoms with E-state index in [0.717, 1.165) is 11.1 Å². The first-order chi connectivity index (χ1) is 8.90. The zero-order valence-corrected chi connectivity index (χ0v) is 10.7. The molecule has 90 valence electrons. The van der Waals surface area contributed by atoms with Crippen molar-refractivity contribution in [1.29, 1.82) is 0 Å². The highest BCUT2D eigenvalue weighted by Gasteiger charge is 2.16. The molecular formula is C13H12N4S. The minimum Gasteiger partial charge on any atom is -0.308 e. The summed E-state index contributed by atoms with van der Waals surface area (Å²) in [4.78, 5) is 4.16. The highest BCUT2D eigenvalue weighted by Crippen LogP contribution is 2.27. The second-order valence-electron chi connectivity index (χ2n) is 4.00. The van der Waals surface area contributed by atoms with Crippen LogP contribution in [0.2, 0.25) is 0 Å². The summed E-state index contributed by atoms with van der Waals surface area (Å²) in [5, 5.41) is 11.8. The molecule has 0 aliphatic rings. The van der Waals surface area contributed by atoms with Crippen LogP contribution in [-0.4, -0.2) is 21.6 Å². The Kier molecular flexibility index (Phi) is 3.00. The van der Waals surface area contributed by atoms with E-state index in [2.05, 4.69) is 32.0 Å². The third-order valence-corrected chi connectivity index (χ3v) is 3.51. The molecule has 0 spiro atoms. The van der Waals surface area contributed by atoms with E-state index in [9.17, 15) is 0 Å². The maximum atomic E-state index is 4.16. The van der Waals surface area contributed by atoms with Crippen molar-refractivity contribution in [3.8, 4) is 0 Å². The van der Waals surface area contributed by atoms with E-state index < -0.39 is 0 Å². The first-order valence-electron chi connectivity index (χ1n) is 5.67. The number of benzene rings is 1. The van der Waals surface area contributed by atoms with Gasteiger partial charge in [-0.15, -0.1) is 5.10 Å². The van der Waals surface area contributed by atoms with Gasteiger partial charge in [-0.3, -0.25) is 4.98 Å². The maximum Gasteiger partial charge on any atom is 0.0970 e. The van der Waals surface area contributed by atoms with Gasteiger partial charge < -0.3 is 5.32 Å². The normalized spacial score (nSPS) is 12.7. The van der Waals surface area contributed by atoms with Gasteiger partial charge in [0, 0.05) is 23.2 Å². The van der Waals surface area contributed by atoms with E-state index in [-0.39, 0.29) is 6.04 Å². The minimum atomic E-state index is 0.0647. The molecule has 0 radical (unpaired) electrons. The number of hydrogen-bond acceptors (Lipinski definition) is 5. The second kappa shape index (κ2) is 4.80. The highest BCUT2D eigenvalue weighted by atomic mass is 32.1. The number of pyridine rings is 1. The summed E-state index contributed by atoms with van der Waals surface area (Å²) in [6, 6.07) is 8.33. The standard InChI is InChI=1S/C13H12N4S/c1-14-13(12-8-18-17-16-12)11-4-2-3-9-7-15-6-5-10(9)11/h2-8,13-14H,1H3. The fourth-order valence-corrected chi connectivity index (χ4v) is 2.64. The van der Waals surface area contributed by atoms with Crippen molar-refractivity contribution < 1.29 is 0 Å². The van der Waals surface area contributed by atoms with Crippen molar-refractivity contribution in [1.82, 2.24) is 19.9 Å². The molecule has 18 heavy (non-hydrogen) atoms. The lowest BCUT2D eigenvalue weighted by atomic mass is 9.98. The Bertz CT molecular complexity index is 646. The molecule has 2 aromatic heterocycles. The van der Waals surface area contributed by atoms with Crippen molar-refractivity contribution in [3.63, 3.8) is 0 Å². The molecule has 0 saturated carbocycles. The van der Waals surface area contributed by atoms with Crippen molar-refractivity contribution in [2.45, 2.75) is 6.04 Å². The monoisotopic (exact) mass is 256 g/mol. The fourth-order valence-electron chi connectivity index (χ4n) is 2.16. The topological polar surface area (TPSA) is 50.7 Å². The van der Waals surface area contributed by atoms with Crippen LogP contribution < -0.4 is 5.32 Å². The van der Waals surface area contributed by atoms with Gasteiger partial charge in [-0.05, 0) is 35.6 Å². The van der Waals surface area contributed by atoms with Crippen LogP contribution in [0.15, 0.2) is 42.0 Å². The number of nitrogens with zero attached hydrogens (tertiary/aromatic N) is 3. The van der Waals surface area contributed by atoms with Gasteiger partial charge >= 0.3 is 0 Å². The van der Waals surface area contributed by atoms with Crippen molar-refractivity contribution >= 4 is 22.3 Å². The van der Waals surface area contributed by atoms with Crippen LogP contribution in [0, 0.1) is 0 Å². The third kappa shape index (κ3) is 1.87. The Labute approximate surface area is 109 Å². The lowest BCUT2D eigenvalue weighted by Crippen LogP contribution is -2.18. The number of rotatable bonds is 3. The van der Waals surface area contributed by atoms with Crippen molar-refractivity contribution in [2.75, 3.05) is 7.05 Å². The Morgan fingerprint density at radius 3 is 3.00 bits per heavy atom. The van der Waals surface area contributed by atoms with Crippen LogP contribution in [0.3, 0.4) is 0 Å². The molecule has 5 heteroatoms. The van der Waals surface area contributed by atoms with Crippen LogP contribution in [0.25, 0.3) is 10.8 Å². The van der Waals surface area contributed by atoms with Crippen LogP contribution in [-0.2, 0) is 0 Å². The van der Waals surface area contributed by atoms with Gasteiger partial charge in [0.2, 0.25) is 0 Å². The Morgan fingerprint density at radius 2 is 2.22 bits per heavy atom. The molecule has 1 unspecified atom stereocenters. The molecule has 4 nitrogen and oxygen atoms in total. The average Bonchev–Trinajstić information content (AvgIpc) is 2.94. The molecular weight excluding hydrogens is 244 g/mol. The van der Waals surface area contributed by atoms with E-state index >= 15 is 0 Å². The van der Waals surface area contributed by atoms with Crippen LogP contribution in [0.5, 0.6) is 0 Å². The molecule has 3 rings (SSSR count). The Balaban J connectivity index is 2.18. The van der Waals surface area contributed by atoms with E-state index in [1.165, 1.54) is 22.5 Å². The molecule has 0 aliphatic carbocycles. The quantitative estimate of drug-likeness (QED) is 0.781. The molecule has 1 N–H and O–H groups in total. The maximum absolute atomic E-state index is 4.16. The first-order valence-corrected chi connectivity index (χ1v) is 6.50. The molecule has 0 bridgehead atoms. The van der Waals surface area contributed by atoms with Crippen LogP contribution >= 0.6 is 11.5 Å². The van der Waals surface area contributed by atoms with E-state index in [1.807, 2.05) is 37.0 Å². The van der Waals surface area contributed by atoms with Crippen LogP contribution in [0.1, 0.15) is 17.3 Å². The summed E-state index contributed by atoms with van der Waals surface area (Å²) in [6.45, 7) is 0. The molecule has 0 aliphatic heterocycles. The van der Waals surface area contributed by atoms with Crippen molar-refractivity contribution in [2.24, 2.45) is 0 Å². The van der Waals surface area contributed by atoms with Gasteiger partial charge in [-0.2, -0.15) is 0 Å². The second-order valence-corrected chi connectivity index (χ2v) is 4.61. The zero-order chi connectivity index (χ0) is 12.4. The molecule has 0 saturated heterocycles. The molecule has 2 heterocycles. The van der Waals surface area contributed by atoms with Gasteiger partial charge in [0.1, 0.15) is 0 Å². The summed E-state index contributed by atoms with van der Waals surface area (Å²) in [7, 11) is 1.93. The minimum absolute atomic E-state index is 0.0647. The van der Waals surface area contributed by atoms with Gasteiger partial charge in [-0.25, -0.2) is 0 Å². The predicted octanol–water partition coefficient (Wildman–Crippen LogP) is 2.40. The predicted molar refractivity (Wildman–Crippen MR) is 72.6 cm³/mol. The van der Waals surface area contributed by atoms with E-state index in [0.29, 0.717) is 0 Å². The smallest absolute Gasteiger partial charge is 0.0970 e. The molecule has 0 fully saturated rings. The molecule has 1 aromatic carbocycles. The zero-order valence-electron chi connectivity index (χ0n) is 9.87. The fraction of sp³-hybridized carbons (Fsp3) is 0.154. The first kappa shape index (κ1) is 11.3. The van der Waals surface area contributed by atoms with E-state index in [1.54, 1.807) is 0 Å². The van der Waals surface area contributed by atoms with E-state index in [4.69, 9.17) is 0 Å². The summed E-state index contributed by atoms with van der Waals surface area (Å²) in [5.41, 5.74) is 2.15. The lowest BCUT2D eigenvalue weighted by molar-refractivity contribution is 0.672. The average molecular weight is 256 g/mol. The Hall–Kier alpha value is -1.85. The lowest BCUT2D eigenvalue weighted by Gasteiger charge is -2.16. The summed E-state index contributed by atoms with van der Waals surface area (Å²) in [6.07, 6.45) is 3.70. The van der Waals surface area contributed by atoms with Gasteiger partial charge in [0.25, 0.3) is 0 Å². The summed E-state index contributed by atoms with van der Waals surface area (Å²) >= 11 is 1.37. The number of aromatic nitrogens is 3. The molecule has 0 amide bonds. The van der Waals surface area contributed by atoms with Gasteiger partial charge in [0.15, 0.2) is 0 Å². The number of fused-ring (bicyclic) bond motifs is 1. The largest absolute Gasteiger partial charge is 0.308 e. The molecule has 3 aromatic rings. The van der Waals surface area contributed by atoms with Crippen molar-refractivity contribution in [3.05, 3.63) is 53.3 Å². The summed E-state index contributed by atoms with van der Waals surface area (Å²) in [5.74, 6) is 0. The number of hydrogen-bond donors (Lipinski definition) is 1. The number of nitrogens with one attached hydrogen (secondary N) is 1. The van der Waals surface area contributed by atoms with Crippen LogP contribution in [0.4, 0.5) is 0 Å². The van der Waals surface area contributed by atoms with Gasteiger partial charge in [-0.1, -0.05) is 22.7 Å². The highest BCUT2D eigenvalue weighted by molar-refractivity contribution is 7.03.